The van der Waals surface area contributed by atoms with Gasteiger partial charge >= 0.3 is 11.9 Å². The van der Waals surface area contributed by atoms with Crippen LogP contribution < -0.4 is 14.8 Å². The normalized spacial score (nSPS) is 13.5. The van der Waals surface area contributed by atoms with E-state index >= 15 is 0 Å². The highest BCUT2D eigenvalue weighted by atomic mass is 35.5. The van der Waals surface area contributed by atoms with Crippen LogP contribution in [0.3, 0.4) is 0 Å². The number of ether oxygens (including phenoxy) is 2. The molecule has 4 heterocycles. The summed E-state index contributed by atoms with van der Waals surface area (Å²) in [5, 5.41) is 22.9. The van der Waals surface area contributed by atoms with Crippen LogP contribution in [0.15, 0.2) is 89.6 Å². The van der Waals surface area contributed by atoms with Gasteiger partial charge in [0.1, 0.15) is 5.76 Å². The Morgan fingerprint density at radius 2 is 1.76 bits per heavy atom. The van der Waals surface area contributed by atoms with Crippen molar-refractivity contribution in [2.45, 2.75) is 44.7 Å². The number of rotatable bonds is 14. The third-order valence-electron chi connectivity index (χ3n) is 8.44. The summed E-state index contributed by atoms with van der Waals surface area (Å²) in [6.07, 6.45) is 2.19. The Morgan fingerprint density at radius 3 is 2.50 bits per heavy atom. The zero-order chi connectivity index (χ0) is 34.5. The van der Waals surface area contributed by atoms with Gasteiger partial charge in [-0.05, 0) is 66.4 Å². The van der Waals surface area contributed by atoms with Crippen molar-refractivity contribution in [3.05, 3.63) is 107 Å². The summed E-state index contributed by atoms with van der Waals surface area (Å²) in [4.78, 5) is 57.0. The average Bonchev–Trinajstić information content (AvgIpc) is 3.85. The number of carbonyl (C=O) groups excluding carboxylic acids is 2. The van der Waals surface area contributed by atoms with Gasteiger partial charge in [0, 0.05) is 40.6 Å². The SMILES string of the molecule is CC(C(Cc1ccc(C(=O)Nc2cccnc2)o1)c1ccc2c(c1)OCO2)N(Cc1cc2ccccc2s1)C(=O)C[C@H](CC(=O)O)C(=O)O.Cl. The molecule has 260 valence electrons. The number of furan rings is 1. The van der Waals surface area contributed by atoms with Gasteiger partial charge in [0.2, 0.25) is 12.7 Å². The average molecular weight is 720 g/mol. The van der Waals surface area contributed by atoms with E-state index in [9.17, 15) is 29.4 Å². The standard InChI is InChI=1S/C36H33N3O9S.ClH/c1-21(39(33(40)15-24(36(44)45)16-34(41)42)19-27-13-23-5-2-3-7-32(23)49-27)28(22-8-10-29-31(14-22)47-20-46-29)17-26-9-11-30(48-26)35(43)38-25-6-4-12-37-18-25;/h2-14,18,21,24,28H,15-17,19-20H2,1H3,(H,38,43)(H,41,42)(H,44,45);1H/t21?,24-,28?;/m1./s1. The maximum absolute atomic E-state index is 14.1. The summed E-state index contributed by atoms with van der Waals surface area (Å²) in [5.74, 6) is -3.75. The molecule has 3 aromatic heterocycles. The molecular weight excluding hydrogens is 686 g/mol. The van der Waals surface area contributed by atoms with Crippen molar-refractivity contribution in [2.75, 3.05) is 12.1 Å². The number of carboxylic acids is 2. The Kier molecular flexibility index (Phi) is 11.4. The molecule has 0 bridgehead atoms. The molecule has 0 saturated carbocycles. The molecule has 2 unspecified atom stereocenters. The Morgan fingerprint density at radius 1 is 0.960 bits per heavy atom. The predicted octanol–water partition coefficient (Wildman–Crippen LogP) is 6.60. The van der Waals surface area contributed by atoms with Gasteiger partial charge in [-0.3, -0.25) is 24.2 Å². The third kappa shape index (κ3) is 8.41. The molecule has 2 aromatic carbocycles. The van der Waals surface area contributed by atoms with Gasteiger partial charge in [0.05, 0.1) is 30.8 Å². The number of halogens is 1. The molecular formula is C36H34ClN3O9S. The quantitative estimate of drug-likeness (QED) is 0.114. The first-order chi connectivity index (χ1) is 23.6. The summed E-state index contributed by atoms with van der Waals surface area (Å²) in [5.41, 5.74) is 1.30. The monoisotopic (exact) mass is 719 g/mol. The maximum atomic E-state index is 14.1. The van der Waals surface area contributed by atoms with Crippen LogP contribution in [0.1, 0.15) is 52.4 Å². The van der Waals surface area contributed by atoms with Crippen LogP contribution in [0.5, 0.6) is 11.5 Å². The lowest BCUT2D eigenvalue weighted by molar-refractivity contribution is -0.151. The minimum atomic E-state index is -1.41. The molecule has 0 radical (unpaired) electrons. The van der Waals surface area contributed by atoms with Gasteiger partial charge in [-0.2, -0.15) is 0 Å². The van der Waals surface area contributed by atoms with Gasteiger partial charge in [-0.15, -0.1) is 23.7 Å². The number of hydrogen-bond donors (Lipinski definition) is 3. The van der Waals surface area contributed by atoms with Crippen LogP contribution >= 0.6 is 23.7 Å². The third-order valence-corrected chi connectivity index (χ3v) is 9.54. The van der Waals surface area contributed by atoms with E-state index in [1.807, 2.05) is 49.4 Å². The summed E-state index contributed by atoms with van der Waals surface area (Å²) < 4.78 is 18.2. The summed E-state index contributed by atoms with van der Waals surface area (Å²) in [6, 6.07) is 21.5. The molecule has 3 N–H and O–H groups in total. The first-order valence-corrected chi connectivity index (χ1v) is 16.4. The number of thiophene rings is 1. The maximum Gasteiger partial charge on any atom is 0.307 e. The number of carboxylic acid groups (broad SMARTS) is 2. The lowest BCUT2D eigenvalue weighted by Gasteiger charge is -2.35. The molecule has 0 aliphatic carbocycles. The van der Waals surface area contributed by atoms with Gasteiger partial charge in [-0.1, -0.05) is 24.3 Å². The second-order valence-corrected chi connectivity index (χ2v) is 12.9. The minimum Gasteiger partial charge on any atom is -0.481 e. The minimum absolute atomic E-state index is 0. The molecule has 14 heteroatoms. The molecule has 3 atom stereocenters. The predicted molar refractivity (Wildman–Crippen MR) is 187 cm³/mol. The number of fused-ring (bicyclic) bond motifs is 2. The summed E-state index contributed by atoms with van der Waals surface area (Å²) in [7, 11) is 0. The number of anilines is 1. The zero-order valence-electron chi connectivity index (χ0n) is 26.8. The molecule has 0 spiro atoms. The lowest BCUT2D eigenvalue weighted by atomic mass is 9.86. The van der Waals surface area contributed by atoms with E-state index in [1.165, 1.54) is 17.5 Å². The van der Waals surface area contributed by atoms with Crippen LogP contribution in [0.2, 0.25) is 0 Å². The van der Waals surface area contributed by atoms with Crippen LogP contribution in [0.25, 0.3) is 10.1 Å². The highest BCUT2D eigenvalue weighted by Crippen LogP contribution is 2.38. The van der Waals surface area contributed by atoms with E-state index in [0.717, 1.165) is 20.5 Å². The zero-order valence-corrected chi connectivity index (χ0v) is 28.4. The van der Waals surface area contributed by atoms with Gasteiger partial charge in [-0.25, -0.2) is 0 Å². The molecule has 0 fully saturated rings. The van der Waals surface area contributed by atoms with E-state index in [1.54, 1.807) is 41.4 Å². The number of aliphatic carboxylic acids is 2. The number of pyridine rings is 1. The first-order valence-electron chi connectivity index (χ1n) is 15.6. The fourth-order valence-corrected chi connectivity index (χ4v) is 6.97. The van der Waals surface area contributed by atoms with E-state index in [4.69, 9.17) is 13.9 Å². The fraction of sp³-hybridized carbons (Fsp3) is 0.250. The summed E-state index contributed by atoms with van der Waals surface area (Å²) in [6.45, 7) is 2.10. The Balaban J connectivity index is 0.00000486. The van der Waals surface area contributed by atoms with Crippen LogP contribution in [-0.4, -0.2) is 56.7 Å². The van der Waals surface area contributed by atoms with E-state index < -0.39 is 54.5 Å². The Bertz CT molecular complexity index is 1960. The second-order valence-electron chi connectivity index (χ2n) is 11.7. The van der Waals surface area contributed by atoms with Gasteiger partial charge in [0.25, 0.3) is 5.91 Å². The number of aromatic nitrogens is 1. The van der Waals surface area contributed by atoms with Crippen molar-refractivity contribution in [3.63, 3.8) is 0 Å². The largest absolute Gasteiger partial charge is 0.481 e. The Hall–Kier alpha value is -5.40. The number of nitrogens with zero attached hydrogens (tertiary/aromatic N) is 2. The number of carbonyl (C=O) groups is 4. The van der Waals surface area contributed by atoms with E-state index in [-0.39, 0.29) is 37.9 Å². The topological polar surface area (TPSA) is 168 Å². The molecule has 2 amide bonds. The second kappa shape index (κ2) is 15.9. The van der Waals surface area contributed by atoms with Crippen LogP contribution in [0, 0.1) is 5.92 Å². The van der Waals surface area contributed by atoms with E-state index in [0.29, 0.717) is 22.9 Å². The van der Waals surface area contributed by atoms with Gasteiger partial charge in [0.15, 0.2) is 17.3 Å². The van der Waals surface area contributed by atoms with Crippen molar-refractivity contribution in [1.29, 1.82) is 0 Å². The molecule has 1 aliphatic rings. The number of benzene rings is 2. The molecule has 5 aromatic rings. The van der Waals surface area contributed by atoms with Crippen LogP contribution in [0.4, 0.5) is 5.69 Å². The number of hydrogen-bond acceptors (Lipinski definition) is 9. The van der Waals surface area contributed by atoms with Crippen molar-refractivity contribution in [3.8, 4) is 11.5 Å². The smallest absolute Gasteiger partial charge is 0.307 e. The fourth-order valence-electron chi connectivity index (χ4n) is 5.91. The van der Waals surface area contributed by atoms with Crippen molar-refractivity contribution in [2.24, 2.45) is 5.92 Å². The van der Waals surface area contributed by atoms with Crippen molar-refractivity contribution in [1.82, 2.24) is 9.88 Å². The van der Waals surface area contributed by atoms with E-state index in [2.05, 4.69) is 10.3 Å². The molecule has 1 aliphatic heterocycles. The number of nitrogens with one attached hydrogen (secondary N) is 1. The molecule has 12 nitrogen and oxygen atoms in total. The van der Waals surface area contributed by atoms with Crippen molar-refractivity contribution < 1.29 is 43.3 Å². The highest BCUT2D eigenvalue weighted by Gasteiger charge is 2.34. The molecule has 6 rings (SSSR count). The molecule has 50 heavy (non-hydrogen) atoms. The molecule has 0 saturated heterocycles. The van der Waals surface area contributed by atoms with Crippen molar-refractivity contribution >= 4 is 63.3 Å². The van der Waals surface area contributed by atoms with Gasteiger partial charge < -0.3 is 34.3 Å². The highest BCUT2D eigenvalue weighted by molar-refractivity contribution is 7.19. The first kappa shape index (κ1) is 35.9. The number of amides is 2. The van der Waals surface area contributed by atoms with Crippen LogP contribution in [-0.2, 0) is 27.3 Å². The summed E-state index contributed by atoms with van der Waals surface area (Å²) >= 11 is 1.52. The lowest BCUT2D eigenvalue weighted by Crippen LogP contribution is -2.43. The Labute approximate surface area is 297 Å².